The van der Waals surface area contributed by atoms with Gasteiger partial charge in [-0.05, 0) is 70.3 Å². The molecule has 2 nitrogen and oxygen atoms in total. The SMILES string of the molecule is C=C(C)CN(C)C1CCC(C2CCC(CCCCCCC)CC2)CC1.C=O. The number of rotatable bonds is 10. The zero-order chi connectivity index (χ0) is 20.1. The summed E-state index contributed by atoms with van der Waals surface area (Å²) in [7, 11) is 2.30. The second-order valence-electron chi connectivity index (χ2n) is 9.42. The summed E-state index contributed by atoms with van der Waals surface area (Å²) in [6.07, 6.45) is 20.7. The largest absolute Gasteiger partial charge is 0.307 e. The highest BCUT2D eigenvalue weighted by atomic mass is 16.1. The zero-order valence-electron chi connectivity index (χ0n) is 18.7. The van der Waals surface area contributed by atoms with Crippen molar-refractivity contribution >= 4 is 6.79 Å². The van der Waals surface area contributed by atoms with E-state index in [0.717, 1.165) is 30.3 Å². The minimum atomic E-state index is 0.812. The molecule has 27 heavy (non-hydrogen) atoms. The number of carbonyl (C=O) groups is 1. The highest BCUT2D eigenvalue weighted by Gasteiger charge is 2.31. The van der Waals surface area contributed by atoms with Crippen molar-refractivity contribution in [1.82, 2.24) is 4.90 Å². The van der Waals surface area contributed by atoms with Gasteiger partial charge < -0.3 is 4.79 Å². The van der Waals surface area contributed by atoms with Crippen LogP contribution in [0.2, 0.25) is 0 Å². The molecule has 0 aromatic heterocycles. The lowest BCUT2D eigenvalue weighted by Crippen LogP contribution is -2.37. The van der Waals surface area contributed by atoms with Crippen LogP contribution in [0, 0.1) is 17.8 Å². The van der Waals surface area contributed by atoms with E-state index in [1.807, 2.05) is 6.79 Å². The number of hydrogen-bond donors (Lipinski definition) is 0. The Morgan fingerprint density at radius 3 is 1.89 bits per heavy atom. The van der Waals surface area contributed by atoms with Crippen molar-refractivity contribution in [3.05, 3.63) is 12.2 Å². The second kappa shape index (κ2) is 14.4. The van der Waals surface area contributed by atoms with Crippen LogP contribution >= 0.6 is 0 Å². The fourth-order valence-electron chi connectivity index (χ4n) is 5.55. The summed E-state index contributed by atoms with van der Waals surface area (Å²) in [5, 5.41) is 0. The number of nitrogens with zero attached hydrogens (tertiary/aromatic N) is 1. The topological polar surface area (TPSA) is 20.3 Å². The molecule has 2 aliphatic rings. The van der Waals surface area contributed by atoms with E-state index in [2.05, 4.69) is 32.4 Å². The molecule has 0 aliphatic heterocycles. The minimum Gasteiger partial charge on any atom is -0.307 e. The Morgan fingerprint density at radius 2 is 1.37 bits per heavy atom. The van der Waals surface area contributed by atoms with Crippen molar-refractivity contribution in [3.8, 4) is 0 Å². The molecule has 2 heteroatoms. The molecule has 0 saturated heterocycles. The molecular weight excluding hydrogens is 330 g/mol. The van der Waals surface area contributed by atoms with Crippen molar-refractivity contribution in [2.24, 2.45) is 17.8 Å². The van der Waals surface area contributed by atoms with E-state index in [0.29, 0.717) is 0 Å². The molecule has 0 heterocycles. The summed E-state index contributed by atoms with van der Waals surface area (Å²) in [5.41, 5.74) is 1.30. The van der Waals surface area contributed by atoms with Gasteiger partial charge in [0, 0.05) is 12.6 Å². The van der Waals surface area contributed by atoms with E-state index >= 15 is 0 Å². The van der Waals surface area contributed by atoms with Crippen LogP contribution in [-0.4, -0.2) is 31.3 Å². The van der Waals surface area contributed by atoms with Crippen molar-refractivity contribution in [2.45, 2.75) is 110 Å². The third kappa shape index (κ3) is 9.41. The molecule has 2 fully saturated rings. The van der Waals surface area contributed by atoms with Crippen LogP contribution < -0.4 is 0 Å². The highest BCUT2D eigenvalue weighted by Crippen LogP contribution is 2.41. The first-order valence-corrected chi connectivity index (χ1v) is 11.7. The van der Waals surface area contributed by atoms with Crippen molar-refractivity contribution in [2.75, 3.05) is 13.6 Å². The molecule has 2 rings (SSSR count). The van der Waals surface area contributed by atoms with E-state index in [4.69, 9.17) is 4.79 Å². The van der Waals surface area contributed by atoms with Gasteiger partial charge in [-0.1, -0.05) is 70.4 Å². The molecule has 0 aromatic carbocycles. The van der Waals surface area contributed by atoms with E-state index in [-0.39, 0.29) is 0 Å². The van der Waals surface area contributed by atoms with Gasteiger partial charge in [0.25, 0.3) is 0 Å². The summed E-state index contributed by atoms with van der Waals surface area (Å²) >= 11 is 0. The van der Waals surface area contributed by atoms with Crippen LogP contribution in [0.3, 0.4) is 0 Å². The number of likely N-dealkylation sites (N-methyl/N-ethyl adjacent to an activating group) is 1. The first-order chi connectivity index (χ1) is 13.1. The third-order valence-corrected chi connectivity index (χ3v) is 7.16. The summed E-state index contributed by atoms with van der Waals surface area (Å²) < 4.78 is 0. The summed E-state index contributed by atoms with van der Waals surface area (Å²) in [6, 6.07) is 0.812. The maximum absolute atomic E-state index is 8.00. The van der Waals surface area contributed by atoms with Crippen LogP contribution in [0.4, 0.5) is 0 Å². The lowest BCUT2D eigenvalue weighted by molar-refractivity contribution is -0.0979. The van der Waals surface area contributed by atoms with E-state index < -0.39 is 0 Å². The predicted molar refractivity (Wildman–Crippen MR) is 119 cm³/mol. The third-order valence-electron chi connectivity index (χ3n) is 7.16. The van der Waals surface area contributed by atoms with Gasteiger partial charge in [-0.25, -0.2) is 0 Å². The quantitative estimate of drug-likeness (QED) is 0.301. The molecule has 0 N–H and O–H groups in total. The molecule has 0 aromatic rings. The van der Waals surface area contributed by atoms with E-state index in [9.17, 15) is 0 Å². The molecule has 0 bridgehead atoms. The smallest absolute Gasteiger partial charge is 0.106 e. The lowest BCUT2D eigenvalue weighted by atomic mass is 9.69. The van der Waals surface area contributed by atoms with Crippen molar-refractivity contribution in [3.63, 3.8) is 0 Å². The Morgan fingerprint density at radius 1 is 0.852 bits per heavy atom. The van der Waals surface area contributed by atoms with Crippen LogP contribution in [0.15, 0.2) is 12.2 Å². The first kappa shape index (κ1) is 24.4. The molecule has 158 valence electrons. The Balaban J connectivity index is 0.00000176. The molecule has 2 saturated carbocycles. The summed E-state index contributed by atoms with van der Waals surface area (Å²) in [6.45, 7) is 11.6. The average molecular weight is 378 g/mol. The van der Waals surface area contributed by atoms with Gasteiger partial charge >= 0.3 is 0 Å². The van der Waals surface area contributed by atoms with Crippen LogP contribution in [-0.2, 0) is 4.79 Å². The van der Waals surface area contributed by atoms with Crippen molar-refractivity contribution in [1.29, 1.82) is 0 Å². The molecule has 0 unspecified atom stereocenters. The number of carbonyl (C=O) groups excluding carboxylic acids is 1. The fraction of sp³-hybridized carbons (Fsp3) is 0.880. The van der Waals surface area contributed by atoms with Crippen molar-refractivity contribution < 1.29 is 4.79 Å². The van der Waals surface area contributed by atoms with Gasteiger partial charge in [-0.3, -0.25) is 4.90 Å². The average Bonchev–Trinajstić information content (AvgIpc) is 2.69. The maximum Gasteiger partial charge on any atom is 0.106 e. The lowest BCUT2D eigenvalue weighted by Gasteiger charge is -2.40. The Labute approximate surface area is 170 Å². The van der Waals surface area contributed by atoms with E-state index in [1.54, 1.807) is 0 Å². The highest BCUT2D eigenvalue weighted by molar-refractivity contribution is 5.11. The maximum atomic E-state index is 8.00. The van der Waals surface area contributed by atoms with Gasteiger partial charge in [0.05, 0.1) is 0 Å². The zero-order valence-corrected chi connectivity index (χ0v) is 18.7. The molecular formula is C25H47NO. The molecule has 0 spiro atoms. The number of unbranched alkanes of at least 4 members (excludes halogenated alkanes) is 4. The van der Waals surface area contributed by atoms with Crippen LogP contribution in [0.5, 0.6) is 0 Å². The van der Waals surface area contributed by atoms with Gasteiger partial charge in [0.2, 0.25) is 0 Å². The Kier molecular flexibility index (Phi) is 13.0. The number of hydrogen-bond acceptors (Lipinski definition) is 2. The summed E-state index contributed by atoms with van der Waals surface area (Å²) in [4.78, 5) is 10.5. The Bertz CT molecular complexity index is 378. The minimum absolute atomic E-state index is 0.812. The van der Waals surface area contributed by atoms with Gasteiger partial charge in [-0.15, -0.1) is 0 Å². The van der Waals surface area contributed by atoms with Gasteiger partial charge in [-0.2, -0.15) is 0 Å². The molecule has 2 aliphatic carbocycles. The van der Waals surface area contributed by atoms with Crippen LogP contribution in [0.25, 0.3) is 0 Å². The first-order valence-electron chi connectivity index (χ1n) is 11.7. The molecule has 0 radical (unpaired) electrons. The fourth-order valence-corrected chi connectivity index (χ4v) is 5.55. The Hall–Kier alpha value is -0.630. The van der Waals surface area contributed by atoms with Crippen LogP contribution in [0.1, 0.15) is 104 Å². The standard InChI is InChI=1S/C24H45N.CH2O/c1-5-6-7-8-9-10-21-11-13-22(14-12-21)23-15-17-24(18-16-23)25(4)19-20(2)3;1-2/h21-24H,2,5-19H2,1,3-4H3;1H2. The second-order valence-corrected chi connectivity index (χ2v) is 9.42. The predicted octanol–water partition coefficient (Wildman–Crippen LogP) is 7.04. The monoisotopic (exact) mass is 377 g/mol. The van der Waals surface area contributed by atoms with Gasteiger partial charge in [0.15, 0.2) is 0 Å². The van der Waals surface area contributed by atoms with Gasteiger partial charge in [0.1, 0.15) is 6.79 Å². The normalized spacial score (nSPS) is 28.4. The molecule has 0 amide bonds. The summed E-state index contributed by atoms with van der Waals surface area (Å²) in [5.74, 6) is 3.17. The molecule has 0 atom stereocenters. The van der Waals surface area contributed by atoms with E-state index in [1.165, 1.54) is 95.5 Å².